The molecule has 0 N–H and O–H groups in total. The summed E-state index contributed by atoms with van der Waals surface area (Å²) in [5.41, 5.74) is 0. The van der Waals surface area contributed by atoms with Crippen molar-refractivity contribution in [3.8, 4) is 0 Å². The molecular weight excluding hydrogens is 126 g/mol. The zero-order chi connectivity index (χ0) is 7.40. The van der Waals surface area contributed by atoms with E-state index in [9.17, 15) is 5.11 Å². The molecule has 10 heavy (non-hydrogen) atoms. The highest BCUT2D eigenvalue weighted by Gasteiger charge is 2.12. The van der Waals surface area contributed by atoms with Crippen LogP contribution in [0.1, 0.15) is 32.1 Å². The Kier molecular flexibility index (Phi) is 2.72. The highest BCUT2D eigenvalue weighted by Crippen LogP contribution is 2.23. The molecule has 0 radical (unpaired) electrons. The van der Waals surface area contributed by atoms with Gasteiger partial charge in [-0.25, -0.2) is 0 Å². The minimum absolute atomic E-state index is 0.111. The molecule has 0 spiro atoms. The second-order valence-electron chi connectivity index (χ2n) is 2.90. The zero-order valence-electron chi connectivity index (χ0n) is 6.47. The first kappa shape index (κ1) is 7.58. The highest BCUT2D eigenvalue weighted by molar-refractivity contribution is 5.74. The van der Waals surface area contributed by atoms with Gasteiger partial charge in [-0.3, -0.25) is 0 Å². The topological polar surface area (TPSA) is 35.4 Å². The van der Waals surface area contributed by atoms with Crippen LogP contribution in [0.2, 0.25) is 0 Å². The van der Waals surface area contributed by atoms with Crippen LogP contribution >= 0.6 is 0 Å². The zero-order valence-corrected chi connectivity index (χ0v) is 6.47. The van der Waals surface area contributed by atoms with E-state index in [4.69, 9.17) is 0 Å². The van der Waals surface area contributed by atoms with Gasteiger partial charge >= 0.3 is 0 Å². The SMILES string of the molecule is CN=C([O-])C1CCCCC1. The molecule has 1 aliphatic rings. The average Bonchev–Trinajstić information content (AvgIpc) is 2.05. The van der Waals surface area contributed by atoms with Gasteiger partial charge in [0.1, 0.15) is 0 Å². The highest BCUT2D eigenvalue weighted by atomic mass is 16.3. The maximum Gasteiger partial charge on any atom is 0.0266 e. The number of aliphatic imine (C=N–C) groups is 1. The largest absolute Gasteiger partial charge is 0.862 e. The summed E-state index contributed by atoms with van der Waals surface area (Å²) in [7, 11) is 1.59. The van der Waals surface area contributed by atoms with E-state index in [2.05, 4.69) is 4.99 Å². The van der Waals surface area contributed by atoms with E-state index in [1.165, 1.54) is 19.3 Å². The molecule has 0 saturated heterocycles. The molecule has 1 fully saturated rings. The summed E-state index contributed by atoms with van der Waals surface area (Å²) < 4.78 is 0. The first-order chi connectivity index (χ1) is 4.84. The van der Waals surface area contributed by atoms with E-state index >= 15 is 0 Å². The molecule has 2 nitrogen and oxygen atoms in total. The fourth-order valence-electron chi connectivity index (χ4n) is 1.53. The van der Waals surface area contributed by atoms with Crippen molar-refractivity contribution in [1.29, 1.82) is 0 Å². The number of rotatable bonds is 1. The van der Waals surface area contributed by atoms with Crippen LogP contribution < -0.4 is 5.11 Å². The Morgan fingerprint density at radius 2 is 1.90 bits per heavy atom. The Morgan fingerprint density at radius 1 is 1.30 bits per heavy atom. The molecule has 0 unspecified atom stereocenters. The van der Waals surface area contributed by atoms with E-state index in [1.54, 1.807) is 7.05 Å². The van der Waals surface area contributed by atoms with E-state index in [1.807, 2.05) is 0 Å². The summed E-state index contributed by atoms with van der Waals surface area (Å²) in [6.45, 7) is 0. The fourth-order valence-corrected chi connectivity index (χ4v) is 1.53. The van der Waals surface area contributed by atoms with Crippen molar-refractivity contribution in [2.75, 3.05) is 7.05 Å². The normalized spacial score (nSPS) is 23.1. The standard InChI is InChI=1S/C8H15NO/c1-9-8(10)7-5-3-2-4-6-7/h7H,2-6H2,1H3,(H,9,10)/p-1. The maximum absolute atomic E-state index is 11.0. The van der Waals surface area contributed by atoms with Gasteiger partial charge in [0.25, 0.3) is 0 Å². The Labute approximate surface area is 62.0 Å². The van der Waals surface area contributed by atoms with Gasteiger partial charge in [-0.05, 0) is 24.7 Å². The van der Waals surface area contributed by atoms with Crippen LogP contribution in [0.5, 0.6) is 0 Å². The molecule has 0 aromatic carbocycles. The van der Waals surface area contributed by atoms with Crippen molar-refractivity contribution >= 4 is 5.90 Å². The van der Waals surface area contributed by atoms with Crippen molar-refractivity contribution in [3.63, 3.8) is 0 Å². The molecule has 2 heteroatoms. The van der Waals surface area contributed by atoms with Crippen molar-refractivity contribution in [2.24, 2.45) is 10.9 Å². The Hall–Kier alpha value is -0.530. The van der Waals surface area contributed by atoms with Crippen LogP contribution in [-0.2, 0) is 0 Å². The maximum atomic E-state index is 11.0. The van der Waals surface area contributed by atoms with E-state index in [0.717, 1.165) is 12.8 Å². The third-order valence-corrected chi connectivity index (χ3v) is 2.17. The molecule has 0 heterocycles. The van der Waals surface area contributed by atoms with Gasteiger partial charge in [0.05, 0.1) is 0 Å². The van der Waals surface area contributed by atoms with Gasteiger partial charge in [0, 0.05) is 7.05 Å². The van der Waals surface area contributed by atoms with Gasteiger partial charge in [0.15, 0.2) is 0 Å². The van der Waals surface area contributed by atoms with Gasteiger partial charge in [-0.2, -0.15) is 0 Å². The van der Waals surface area contributed by atoms with E-state index < -0.39 is 0 Å². The fraction of sp³-hybridized carbons (Fsp3) is 0.875. The molecule has 1 aliphatic carbocycles. The van der Waals surface area contributed by atoms with Crippen LogP contribution in [-0.4, -0.2) is 12.9 Å². The molecule has 0 amide bonds. The molecule has 0 aromatic heterocycles. The lowest BCUT2D eigenvalue weighted by Gasteiger charge is -2.26. The van der Waals surface area contributed by atoms with Crippen LogP contribution in [0.25, 0.3) is 0 Å². The minimum Gasteiger partial charge on any atom is -0.862 e. The summed E-state index contributed by atoms with van der Waals surface area (Å²) in [6, 6.07) is 0. The van der Waals surface area contributed by atoms with Gasteiger partial charge < -0.3 is 10.1 Å². The van der Waals surface area contributed by atoms with Crippen molar-refractivity contribution in [2.45, 2.75) is 32.1 Å². The summed E-state index contributed by atoms with van der Waals surface area (Å²) in [4.78, 5) is 3.67. The van der Waals surface area contributed by atoms with Crippen molar-refractivity contribution in [3.05, 3.63) is 0 Å². The van der Waals surface area contributed by atoms with Crippen LogP contribution in [0.4, 0.5) is 0 Å². The Morgan fingerprint density at radius 3 is 2.40 bits per heavy atom. The summed E-state index contributed by atoms with van der Waals surface area (Å²) >= 11 is 0. The van der Waals surface area contributed by atoms with Crippen LogP contribution in [0, 0.1) is 5.92 Å². The minimum atomic E-state index is 0.111. The van der Waals surface area contributed by atoms with Gasteiger partial charge in [-0.1, -0.05) is 19.3 Å². The number of hydrogen-bond acceptors (Lipinski definition) is 2. The Bertz CT molecular complexity index is 125. The second kappa shape index (κ2) is 3.59. The number of nitrogens with zero attached hydrogens (tertiary/aromatic N) is 1. The predicted molar refractivity (Wildman–Crippen MR) is 39.9 cm³/mol. The molecule has 58 valence electrons. The summed E-state index contributed by atoms with van der Waals surface area (Å²) in [5.74, 6) is 0.374. The molecule has 1 rings (SSSR count). The molecular formula is C8H14NO-. The monoisotopic (exact) mass is 140 g/mol. The molecule has 0 aliphatic heterocycles. The quantitative estimate of drug-likeness (QED) is 0.394. The first-order valence-corrected chi connectivity index (χ1v) is 3.98. The molecule has 0 atom stereocenters. The van der Waals surface area contributed by atoms with Gasteiger partial charge in [0.2, 0.25) is 0 Å². The van der Waals surface area contributed by atoms with E-state index in [0.29, 0.717) is 0 Å². The summed E-state index contributed by atoms with van der Waals surface area (Å²) in [5, 5.41) is 11.0. The van der Waals surface area contributed by atoms with Crippen LogP contribution in [0.15, 0.2) is 4.99 Å². The predicted octanol–water partition coefficient (Wildman–Crippen LogP) is 0.955. The smallest absolute Gasteiger partial charge is 0.0266 e. The third kappa shape index (κ3) is 1.72. The second-order valence-corrected chi connectivity index (χ2v) is 2.90. The lowest BCUT2D eigenvalue weighted by Crippen LogP contribution is -2.29. The van der Waals surface area contributed by atoms with Gasteiger partial charge in [-0.15, -0.1) is 0 Å². The lowest BCUT2D eigenvalue weighted by atomic mass is 9.89. The summed E-state index contributed by atoms with van der Waals surface area (Å²) in [6.07, 6.45) is 5.86. The van der Waals surface area contributed by atoms with Crippen molar-refractivity contribution in [1.82, 2.24) is 0 Å². The molecule has 0 aromatic rings. The molecule has 0 bridgehead atoms. The molecule has 1 saturated carbocycles. The van der Waals surface area contributed by atoms with E-state index in [-0.39, 0.29) is 11.8 Å². The Balaban J connectivity index is 2.39. The average molecular weight is 140 g/mol. The van der Waals surface area contributed by atoms with Crippen molar-refractivity contribution < 1.29 is 5.11 Å². The van der Waals surface area contributed by atoms with Crippen LogP contribution in [0.3, 0.4) is 0 Å². The lowest BCUT2D eigenvalue weighted by molar-refractivity contribution is -0.225. The first-order valence-electron chi connectivity index (χ1n) is 3.98. The number of hydrogen-bond donors (Lipinski definition) is 0. The third-order valence-electron chi connectivity index (χ3n) is 2.17.